The predicted molar refractivity (Wildman–Crippen MR) is 64.2 cm³/mol. The van der Waals surface area contributed by atoms with Crippen LogP contribution in [0.15, 0.2) is 33.7 Å². The van der Waals surface area contributed by atoms with E-state index in [0.717, 1.165) is 0 Å². The summed E-state index contributed by atoms with van der Waals surface area (Å²) in [5.74, 6) is 0.0167. The van der Waals surface area contributed by atoms with Crippen molar-refractivity contribution in [2.24, 2.45) is 9.98 Å². The number of fused-ring (bicyclic) bond motifs is 1. The van der Waals surface area contributed by atoms with Gasteiger partial charge in [0.15, 0.2) is 11.8 Å². The molecular formula is C11H13N3O5. The molecule has 2 unspecified atom stereocenters. The van der Waals surface area contributed by atoms with Gasteiger partial charge in [0.2, 0.25) is 5.84 Å². The van der Waals surface area contributed by atoms with Crippen molar-refractivity contribution < 1.29 is 25.1 Å². The Morgan fingerprint density at radius 2 is 2.16 bits per heavy atom. The first-order valence-electron chi connectivity index (χ1n) is 5.83. The van der Waals surface area contributed by atoms with Crippen LogP contribution in [0.3, 0.4) is 0 Å². The standard InChI is InChI=1S/C11H13N3O5/c15-4-7-8(16)9(17)10(19-7)11-13-3-5-6(14(11)18)1-2-12-5/h1-3,7-10,14-17H,4H2/t7-,8-,9-,10?/m1/s1. The highest BCUT2D eigenvalue weighted by Crippen LogP contribution is 2.23. The zero-order valence-electron chi connectivity index (χ0n) is 9.80. The van der Waals surface area contributed by atoms with E-state index in [-0.39, 0.29) is 10.9 Å². The van der Waals surface area contributed by atoms with E-state index in [1.807, 2.05) is 0 Å². The van der Waals surface area contributed by atoms with Crippen LogP contribution in [0.1, 0.15) is 0 Å². The van der Waals surface area contributed by atoms with Crippen LogP contribution in [0.5, 0.6) is 0 Å². The topological polar surface area (TPSA) is 122 Å². The molecule has 1 saturated heterocycles. The van der Waals surface area contributed by atoms with E-state index in [9.17, 15) is 15.4 Å². The highest BCUT2D eigenvalue weighted by molar-refractivity contribution is 5.86. The average Bonchev–Trinajstić information content (AvgIpc) is 2.98. The fraction of sp³-hybridized carbons (Fsp3) is 0.455. The van der Waals surface area contributed by atoms with E-state index in [1.165, 1.54) is 12.4 Å². The lowest BCUT2D eigenvalue weighted by Crippen LogP contribution is -3.10. The molecular weight excluding hydrogens is 254 g/mol. The molecule has 8 heteroatoms. The largest absolute Gasteiger partial charge is 0.622 e. The smallest absolute Gasteiger partial charge is 0.238 e. The van der Waals surface area contributed by atoms with Crippen LogP contribution in [0.4, 0.5) is 0 Å². The molecule has 19 heavy (non-hydrogen) atoms. The first-order chi connectivity index (χ1) is 9.13. The van der Waals surface area contributed by atoms with Crippen LogP contribution in [-0.4, -0.2) is 58.4 Å². The second-order valence-electron chi connectivity index (χ2n) is 4.48. The third-order valence-electron chi connectivity index (χ3n) is 3.35. The number of quaternary nitrogens is 1. The number of nitrogens with one attached hydrogen (secondary N) is 1. The normalized spacial score (nSPS) is 40.8. The first-order valence-corrected chi connectivity index (χ1v) is 5.83. The maximum Gasteiger partial charge on any atom is 0.238 e. The summed E-state index contributed by atoms with van der Waals surface area (Å²) in [6.45, 7) is -0.441. The summed E-state index contributed by atoms with van der Waals surface area (Å²) in [5.41, 5.74) is 0.864. The van der Waals surface area contributed by atoms with Gasteiger partial charge in [-0.15, -0.1) is 0 Å². The van der Waals surface area contributed by atoms with E-state index in [4.69, 9.17) is 9.84 Å². The Hall–Kier alpha value is -1.42. The lowest BCUT2D eigenvalue weighted by atomic mass is 10.1. The van der Waals surface area contributed by atoms with E-state index >= 15 is 0 Å². The minimum atomic E-state index is -1.29. The molecule has 0 amide bonds. The molecule has 0 aromatic rings. The Morgan fingerprint density at radius 3 is 2.84 bits per heavy atom. The van der Waals surface area contributed by atoms with Crippen LogP contribution < -0.4 is 5.06 Å². The average molecular weight is 267 g/mol. The molecule has 0 bridgehead atoms. The highest BCUT2D eigenvalue weighted by Gasteiger charge is 2.48. The summed E-state index contributed by atoms with van der Waals surface area (Å²) in [5, 5.41) is 40.4. The molecule has 0 spiro atoms. The lowest BCUT2D eigenvalue weighted by Gasteiger charge is -2.29. The Kier molecular flexibility index (Phi) is 3.05. The molecule has 0 aromatic carbocycles. The van der Waals surface area contributed by atoms with Gasteiger partial charge in [-0.3, -0.25) is 5.06 Å². The van der Waals surface area contributed by atoms with Gasteiger partial charge in [0.1, 0.15) is 24.0 Å². The summed E-state index contributed by atoms with van der Waals surface area (Å²) < 4.78 is 5.29. The molecule has 0 aliphatic carbocycles. The van der Waals surface area contributed by atoms with Gasteiger partial charge in [-0.1, -0.05) is 0 Å². The van der Waals surface area contributed by atoms with Crippen LogP contribution in [0.25, 0.3) is 0 Å². The van der Waals surface area contributed by atoms with Crippen molar-refractivity contribution in [2.45, 2.75) is 24.4 Å². The Balaban J connectivity index is 1.88. The summed E-state index contributed by atoms with van der Waals surface area (Å²) in [6.07, 6.45) is -0.0317. The summed E-state index contributed by atoms with van der Waals surface area (Å²) in [7, 11) is 0. The van der Waals surface area contributed by atoms with Gasteiger partial charge in [0.05, 0.1) is 12.8 Å². The van der Waals surface area contributed by atoms with Gasteiger partial charge in [-0.05, 0) is 0 Å². The third-order valence-corrected chi connectivity index (χ3v) is 3.35. The van der Waals surface area contributed by atoms with Gasteiger partial charge < -0.3 is 25.3 Å². The quantitative estimate of drug-likeness (QED) is 0.399. The number of aliphatic hydroxyl groups excluding tert-OH is 3. The molecule has 3 aliphatic rings. The number of rotatable bonds is 2. The zero-order valence-corrected chi connectivity index (χ0v) is 9.80. The molecule has 5 atom stereocenters. The Labute approximate surface area is 108 Å². The van der Waals surface area contributed by atoms with Gasteiger partial charge in [0.25, 0.3) is 0 Å². The van der Waals surface area contributed by atoms with Crippen molar-refractivity contribution in [2.75, 3.05) is 6.61 Å². The monoisotopic (exact) mass is 267 g/mol. The fourth-order valence-electron chi connectivity index (χ4n) is 2.30. The second-order valence-corrected chi connectivity index (χ2v) is 4.48. The van der Waals surface area contributed by atoms with Crippen LogP contribution >= 0.6 is 0 Å². The number of hydroxylamine groups is 2. The number of aliphatic hydroxyl groups is 3. The van der Waals surface area contributed by atoms with Crippen LogP contribution in [-0.2, 0) is 4.74 Å². The minimum absolute atomic E-state index is 0.0167. The Morgan fingerprint density at radius 1 is 1.37 bits per heavy atom. The molecule has 4 N–H and O–H groups in total. The van der Waals surface area contributed by atoms with Crippen molar-refractivity contribution in [1.82, 2.24) is 0 Å². The third kappa shape index (κ3) is 1.86. The zero-order chi connectivity index (χ0) is 13.6. The number of nitrogens with zero attached hydrogens (tertiary/aromatic N) is 2. The number of aliphatic imine (C=N–C) groups is 2. The molecule has 0 saturated carbocycles. The van der Waals surface area contributed by atoms with Crippen molar-refractivity contribution in [1.29, 1.82) is 0 Å². The van der Waals surface area contributed by atoms with E-state index < -0.39 is 31.0 Å². The second kappa shape index (κ2) is 4.60. The van der Waals surface area contributed by atoms with E-state index in [0.29, 0.717) is 11.4 Å². The summed E-state index contributed by atoms with van der Waals surface area (Å²) in [6, 6.07) is 0. The lowest BCUT2D eigenvalue weighted by molar-refractivity contribution is -0.703. The van der Waals surface area contributed by atoms with Gasteiger partial charge >= 0.3 is 0 Å². The predicted octanol–water partition coefficient (Wildman–Crippen LogP) is -2.93. The van der Waals surface area contributed by atoms with Gasteiger partial charge in [0, 0.05) is 12.3 Å². The Bertz CT molecular complexity index is 512. The molecule has 0 radical (unpaired) electrons. The van der Waals surface area contributed by atoms with Crippen LogP contribution in [0.2, 0.25) is 0 Å². The number of hydrogen-bond acceptors (Lipinski definition) is 7. The van der Waals surface area contributed by atoms with Crippen LogP contribution in [0, 0.1) is 5.21 Å². The van der Waals surface area contributed by atoms with E-state index in [2.05, 4.69) is 9.98 Å². The SMILES string of the molecule is [O-][NH+]1C2=CC=NC2=CN=C1C1O[C@H](CO)[C@@H](O)[C@H]1O. The fourth-order valence-corrected chi connectivity index (χ4v) is 2.30. The van der Waals surface area contributed by atoms with Crippen molar-refractivity contribution in [3.63, 3.8) is 0 Å². The number of hydrogen-bond donors (Lipinski definition) is 4. The van der Waals surface area contributed by atoms with Gasteiger partial charge in [-0.25, -0.2) is 9.98 Å². The first kappa shape index (κ1) is 12.6. The van der Waals surface area contributed by atoms with E-state index in [1.54, 1.807) is 6.08 Å². The molecule has 0 aromatic heterocycles. The number of allylic oxidation sites excluding steroid dienone is 1. The van der Waals surface area contributed by atoms with Gasteiger partial charge in [-0.2, -0.15) is 0 Å². The van der Waals surface area contributed by atoms with Crippen molar-refractivity contribution in [3.05, 3.63) is 28.9 Å². The maximum absolute atomic E-state index is 12.2. The van der Waals surface area contributed by atoms with Crippen molar-refractivity contribution in [3.8, 4) is 0 Å². The molecule has 1 fully saturated rings. The highest BCUT2D eigenvalue weighted by atomic mass is 16.6. The summed E-state index contributed by atoms with van der Waals surface area (Å²) in [4.78, 5) is 7.92. The number of ether oxygens (including phenoxy) is 1. The van der Waals surface area contributed by atoms with Crippen molar-refractivity contribution >= 4 is 12.1 Å². The molecule has 8 nitrogen and oxygen atoms in total. The molecule has 3 heterocycles. The molecule has 3 rings (SSSR count). The number of amidine groups is 1. The maximum atomic E-state index is 12.2. The molecule has 102 valence electrons. The minimum Gasteiger partial charge on any atom is -0.622 e. The summed E-state index contributed by atoms with van der Waals surface area (Å²) >= 11 is 0. The molecule has 3 aliphatic heterocycles.